The molecule has 0 atom stereocenters. The largest absolute Gasteiger partial charge is 0.435 e. The van der Waals surface area contributed by atoms with Crippen LogP contribution in [0, 0.1) is 0 Å². The van der Waals surface area contributed by atoms with E-state index in [0.29, 0.717) is 11.3 Å². The third-order valence-corrected chi connectivity index (χ3v) is 7.05. The summed E-state index contributed by atoms with van der Waals surface area (Å²) in [6, 6.07) is 1.75. The van der Waals surface area contributed by atoms with E-state index in [1.807, 2.05) is 30.9 Å². The Morgan fingerprint density at radius 3 is 2.52 bits per heavy atom. The second kappa shape index (κ2) is 9.20. The highest BCUT2D eigenvalue weighted by Crippen LogP contribution is 2.40. The van der Waals surface area contributed by atoms with Crippen LogP contribution in [-0.4, -0.2) is 37.2 Å². The van der Waals surface area contributed by atoms with E-state index in [0.717, 1.165) is 37.7 Å². The molecule has 0 bridgehead atoms. The molecule has 1 aliphatic rings. The molecule has 3 heterocycles. The van der Waals surface area contributed by atoms with E-state index in [4.69, 9.17) is 0 Å². The van der Waals surface area contributed by atoms with Gasteiger partial charge in [-0.2, -0.15) is 18.3 Å². The summed E-state index contributed by atoms with van der Waals surface area (Å²) in [5.74, 6) is -0.736. The number of alkyl halides is 3. The van der Waals surface area contributed by atoms with Gasteiger partial charge >= 0.3 is 6.18 Å². The Morgan fingerprint density at radius 1 is 1.21 bits per heavy atom. The van der Waals surface area contributed by atoms with E-state index < -0.39 is 22.7 Å². The summed E-state index contributed by atoms with van der Waals surface area (Å²) in [6.07, 6.45) is 6.64. The molecule has 1 fully saturated rings. The highest BCUT2D eigenvalue weighted by Gasteiger charge is 2.41. The van der Waals surface area contributed by atoms with Crippen LogP contribution in [-0.2, 0) is 11.6 Å². The number of carbonyl (C=O) groups excluding carboxylic acids is 1. The Balaban J connectivity index is 1.60. The van der Waals surface area contributed by atoms with Gasteiger partial charge in [-0.3, -0.25) is 9.48 Å². The van der Waals surface area contributed by atoms with E-state index in [2.05, 4.69) is 25.4 Å². The SMILES string of the molecule is CC(C)n1cc(C2(CNC(=O)c3sc(-c4ncccn4)nc3C(F)(F)F)CCCCC2)cn1. The summed E-state index contributed by atoms with van der Waals surface area (Å²) in [4.78, 5) is 24.1. The summed E-state index contributed by atoms with van der Waals surface area (Å²) in [5, 5.41) is 7.17. The van der Waals surface area contributed by atoms with Crippen LogP contribution in [0.2, 0.25) is 0 Å². The molecule has 0 spiro atoms. The van der Waals surface area contributed by atoms with Crippen molar-refractivity contribution in [3.05, 3.63) is 47.0 Å². The van der Waals surface area contributed by atoms with Crippen molar-refractivity contribution in [3.63, 3.8) is 0 Å². The zero-order chi connectivity index (χ0) is 23.6. The van der Waals surface area contributed by atoms with Gasteiger partial charge in [-0.15, -0.1) is 11.3 Å². The molecule has 1 N–H and O–H groups in total. The minimum absolute atomic E-state index is 0.0429. The number of aromatic nitrogens is 5. The molecular formula is C22H25F3N6OS. The van der Waals surface area contributed by atoms with Gasteiger partial charge in [-0.05, 0) is 38.3 Å². The van der Waals surface area contributed by atoms with Crippen molar-refractivity contribution >= 4 is 17.2 Å². The molecule has 1 saturated carbocycles. The summed E-state index contributed by atoms with van der Waals surface area (Å²) in [5.41, 5.74) is -0.553. The molecule has 3 aromatic rings. The number of hydrogen-bond donors (Lipinski definition) is 1. The number of amides is 1. The predicted molar refractivity (Wildman–Crippen MR) is 118 cm³/mol. The second-order valence-electron chi connectivity index (χ2n) is 8.59. The first-order valence-corrected chi connectivity index (χ1v) is 11.7. The minimum Gasteiger partial charge on any atom is -0.350 e. The van der Waals surface area contributed by atoms with Gasteiger partial charge in [0.2, 0.25) is 0 Å². The fraction of sp³-hybridized carbons (Fsp3) is 0.500. The first-order chi connectivity index (χ1) is 15.7. The van der Waals surface area contributed by atoms with Gasteiger partial charge in [0.1, 0.15) is 4.88 Å². The molecule has 0 saturated heterocycles. The first kappa shape index (κ1) is 23.3. The van der Waals surface area contributed by atoms with Crippen molar-refractivity contribution in [2.75, 3.05) is 6.54 Å². The van der Waals surface area contributed by atoms with E-state index in [-0.39, 0.29) is 28.8 Å². The molecule has 3 aromatic heterocycles. The van der Waals surface area contributed by atoms with Gasteiger partial charge in [0, 0.05) is 36.6 Å². The highest BCUT2D eigenvalue weighted by molar-refractivity contribution is 7.17. The number of thiazole rings is 1. The Bertz CT molecular complexity index is 1100. The van der Waals surface area contributed by atoms with Crippen molar-refractivity contribution in [2.45, 2.75) is 63.6 Å². The lowest BCUT2D eigenvalue weighted by atomic mass is 9.70. The summed E-state index contributed by atoms with van der Waals surface area (Å²) >= 11 is 0.652. The average Bonchev–Trinajstić information content (AvgIpc) is 3.47. The minimum atomic E-state index is -4.77. The van der Waals surface area contributed by atoms with Crippen LogP contribution in [0.25, 0.3) is 10.8 Å². The number of nitrogens with one attached hydrogen (secondary N) is 1. The normalized spacial score (nSPS) is 16.2. The van der Waals surface area contributed by atoms with Crippen LogP contribution in [0.4, 0.5) is 13.2 Å². The summed E-state index contributed by atoms with van der Waals surface area (Å²) in [6.45, 7) is 4.30. The maximum Gasteiger partial charge on any atom is 0.435 e. The van der Waals surface area contributed by atoms with Crippen LogP contribution in [0.3, 0.4) is 0 Å². The topological polar surface area (TPSA) is 85.6 Å². The molecule has 1 amide bonds. The monoisotopic (exact) mass is 478 g/mol. The van der Waals surface area contributed by atoms with Crippen molar-refractivity contribution < 1.29 is 18.0 Å². The lowest BCUT2D eigenvalue weighted by molar-refractivity contribution is -0.141. The van der Waals surface area contributed by atoms with Gasteiger partial charge < -0.3 is 5.32 Å². The Labute approximate surface area is 193 Å². The average molecular weight is 479 g/mol. The molecular weight excluding hydrogens is 453 g/mol. The van der Waals surface area contributed by atoms with Crippen LogP contribution in [0.15, 0.2) is 30.9 Å². The van der Waals surface area contributed by atoms with E-state index in [1.54, 1.807) is 6.07 Å². The molecule has 1 aliphatic carbocycles. The molecule has 0 aliphatic heterocycles. The summed E-state index contributed by atoms with van der Waals surface area (Å²) in [7, 11) is 0. The molecule has 7 nitrogen and oxygen atoms in total. The van der Waals surface area contributed by atoms with Gasteiger partial charge in [-0.25, -0.2) is 15.0 Å². The maximum atomic E-state index is 13.7. The number of nitrogens with zero attached hydrogens (tertiary/aromatic N) is 5. The third kappa shape index (κ3) is 4.92. The van der Waals surface area contributed by atoms with Gasteiger partial charge in [-0.1, -0.05) is 19.3 Å². The lowest BCUT2D eigenvalue weighted by Gasteiger charge is -2.37. The molecule has 0 unspecified atom stereocenters. The summed E-state index contributed by atoms with van der Waals surface area (Å²) < 4.78 is 42.9. The maximum absolute atomic E-state index is 13.7. The predicted octanol–water partition coefficient (Wildman–Crippen LogP) is 5.03. The molecule has 33 heavy (non-hydrogen) atoms. The van der Waals surface area contributed by atoms with Gasteiger partial charge in [0.15, 0.2) is 16.5 Å². The molecule has 4 rings (SSSR count). The Kier molecular flexibility index (Phi) is 6.51. The smallest absolute Gasteiger partial charge is 0.350 e. The van der Waals surface area contributed by atoms with E-state index in [9.17, 15) is 18.0 Å². The van der Waals surface area contributed by atoms with Crippen LogP contribution >= 0.6 is 11.3 Å². The highest BCUT2D eigenvalue weighted by atomic mass is 32.1. The van der Waals surface area contributed by atoms with Crippen LogP contribution < -0.4 is 5.32 Å². The van der Waals surface area contributed by atoms with Crippen molar-refractivity contribution in [2.24, 2.45) is 0 Å². The van der Waals surface area contributed by atoms with Crippen molar-refractivity contribution in [1.82, 2.24) is 30.0 Å². The van der Waals surface area contributed by atoms with E-state index in [1.165, 1.54) is 12.4 Å². The quantitative estimate of drug-likeness (QED) is 0.537. The fourth-order valence-corrected chi connectivity index (χ4v) is 5.14. The third-order valence-electron chi connectivity index (χ3n) is 6.00. The molecule has 0 radical (unpaired) electrons. The van der Waals surface area contributed by atoms with Crippen LogP contribution in [0.5, 0.6) is 0 Å². The number of halogens is 3. The van der Waals surface area contributed by atoms with Gasteiger partial charge in [0.05, 0.1) is 6.20 Å². The zero-order valence-electron chi connectivity index (χ0n) is 18.4. The number of hydrogen-bond acceptors (Lipinski definition) is 6. The van der Waals surface area contributed by atoms with Crippen molar-refractivity contribution in [3.8, 4) is 10.8 Å². The van der Waals surface area contributed by atoms with E-state index >= 15 is 0 Å². The Hall–Kier alpha value is -2.82. The number of rotatable bonds is 6. The van der Waals surface area contributed by atoms with Crippen LogP contribution in [0.1, 0.15) is 72.9 Å². The lowest BCUT2D eigenvalue weighted by Crippen LogP contribution is -2.42. The second-order valence-corrected chi connectivity index (χ2v) is 9.59. The fourth-order valence-electron chi connectivity index (χ4n) is 4.19. The van der Waals surface area contributed by atoms with Crippen molar-refractivity contribution in [1.29, 1.82) is 0 Å². The Morgan fingerprint density at radius 2 is 1.91 bits per heavy atom. The number of carbonyl (C=O) groups is 1. The zero-order valence-corrected chi connectivity index (χ0v) is 19.2. The standard InChI is InChI=1S/C22H25F3N6OS/c1-14(2)31-12-15(11-29-31)21(7-4-3-5-8-21)13-28-19(32)16-17(22(23,24)25)30-20(33-16)18-26-9-6-10-27-18/h6,9-12,14H,3-5,7-8,13H2,1-2H3,(H,28,32). The molecule has 176 valence electrons. The molecule has 0 aromatic carbocycles. The first-order valence-electron chi connectivity index (χ1n) is 10.9. The molecule has 11 heteroatoms. The van der Waals surface area contributed by atoms with Gasteiger partial charge in [0.25, 0.3) is 5.91 Å².